The summed E-state index contributed by atoms with van der Waals surface area (Å²) in [6.45, 7) is 2.39. The number of benzene rings is 1. The van der Waals surface area contributed by atoms with E-state index in [1.807, 2.05) is 22.9 Å². The maximum Gasteiger partial charge on any atom is 0.325 e. The first kappa shape index (κ1) is 10.7. The average Bonchev–Trinajstić information content (AvgIpc) is 2.72. The van der Waals surface area contributed by atoms with Crippen LogP contribution in [0.2, 0.25) is 0 Å². The molecule has 1 aromatic carbocycles. The number of hydrogen-bond donors (Lipinski definition) is 0. The number of aryl methyl sites for hydroxylation is 1. The largest absolute Gasteiger partial charge is 0.468 e. The molecule has 2 aromatic rings. The molecule has 0 bridgehead atoms. The molecule has 0 unspecified atom stereocenters. The van der Waals surface area contributed by atoms with Crippen LogP contribution in [0.15, 0.2) is 30.5 Å². The predicted octanol–water partition coefficient (Wildman–Crippen LogP) is 2.38. The van der Waals surface area contributed by atoms with Crippen molar-refractivity contribution in [2.24, 2.45) is 0 Å². The smallest absolute Gasteiger partial charge is 0.325 e. The topological polar surface area (TPSA) is 31.2 Å². The number of esters is 1. The van der Waals surface area contributed by atoms with Gasteiger partial charge in [-0.05, 0) is 23.4 Å². The summed E-state index contributed by atoms with van der Waals surface area (Å²) in [6, 6.07) is 8.22. The molecule has 0 atom stereocenters. The number of aromatic nitrogens is 1. The molecule has 0 aliphatic rings. The molecular weight excluding hydrogens is 202 g/mol. The van der Waals surface area contributed by atoms with Crippen molar-refractivity contribution < 1.29 is 9.53 Å². The molecule has 0 amide bonds. The molecular formula is C13H15NO2. The second kappa shape index (κ2) is 4.39. The first-order valence-corrected chi connectivity index (χ1v) is 5.39. The van der Waals surface area contributed by atoms with E-state index in [1.54, 1.807) is 0 Å². The maximum absolute atomic E-state index is 11.3. The lowest BCUT2D eigenvalue weighted by molar-refractivity contribution is -0.141. The van der Waals surface area contributed by atoms with Crippen LogP contribution in [0.3, 0.4) is 0 Å². The molecule has 0 aliphatic heterocycles. The molecule has 3 heteroatoms. The van der Waals surface area contributed by atoms with Gasteiger partial charge in [-0.3, -0.25) is 4.79 Å². The number of ether oxygens (including phenoxy) is 1. The minimum atomic E-state index is -0.219. The molecule has 3 nitrogen and oxygen atoms in total. The molecule has 16 heavy (non-hydrogen) atoms. The van der Waals surface area contributed by atoms with Crippen molar-refractivity contribution in [3.63, 3.8) is 0 Å². The number of hydrogen-bond acceptors (Lipinski definition) is 2. The van der Waals surface area contributed by atoms with Crippen LogP contribution in [0.25, 0.3) is 10.9 Å². The van der Waals surface area contributed by atoms with Gasteiger partial charge in [0.25, 0.3) is 0 Å². The highest BCUT2D eigenvalue weighted by Gasteiger charge is 2.08. The van der Waals surface area contributed by atoms with E-state index in [4.69, 9.17) is 0 Å². The zero-order chi connectivity index (χ0) is 11.5. The Bertz CT molecular complexity index is 514. The molecule has 0 radical (unpaired) electrons. The molecule has 84 valence electrons. The number of carbonyl (C=O) groups is 1. The van der Waals surface area contributed by atoms with E-state index < -0.39 is 0 Å². The van der Waals surface area contributed by atoms with Crippen molar-refractivity contribution in [1.82, 2.24) is 4.57 Å². The van der Waals surface area contributed by atoms with Crippen LogP contribution in [-0.2, 0) is 22.5 Å². The van der Waals surface area contributed by atoms with Crippen LogP contribution in [0.5, 0.6) is 0 Å². The monoisotopic (exact) mass is 217 g/mol. The van der Waals surface area contributed by atoms with E-state index in [1.165, 1.54) is 18.1 Å². The summed E-state index contributed by atoms with van der Waals surface area (Å²) >= 11 is 0. The van der Waals surface area contributed by atoms with E-state index in [2.05, 4.69) is 23.8 Å². The molecule has 1 aromatic heterocycles. The van der Waals surface area contributed by atoms with Gasteiger partial charge in [0.1, 0.15) is 6.54 Å². The average molecular weight is 217 g/mol. The fourth-order valence-electron chi connectivity index (χ4n) is 1.96. The quantitative estimate of drug-likeness (QED) is 0.739. The fraction of sp³-hybridized carbons (Fsp3) is 0.308. The first-order valence-electron chi connectivity index (χ1n) is 5.39. The number of para-hydroxylation sites is 1. The Morgan fingerprint density at radius 3 is 2.88 bits per heavy atom. The molecule has 0 aliphatic carbocycles. The van der Waals surface area contributed by atoms with Gasteiger partial charge in [-0.1, -0.05) is 25.1 Å². The van der Waals surface area contributed by atoms with Crippen molar-refractivity contribution in [1.29, 1.82) is 0 Å². The van der Waals surface area contributed by atoms with Gasteiger partial charge in [0.15, 0.2) is 0 Å². The highest BCUT2D eigenvalue weighted by molar-refractivity contribution is 5.84. The highest BCUT2D eigenvalue weighted by atomic mass is 16.5. The van der Waals surface area contributed by atoms with Crippen LogP contribution in [-0.4, -0.2) is 17.6 Å². The van der Waals surface area contributed by atoms with Gasteiger partial charge in [0.2, 0.25) is 0 Å². The van der Waals surface area contributed by atoms with Crippen molar-refractivity contribution in [2.45, 2.75) is 19.9 Å². The summed E-state index contributed by atoms with van der Waals surface area (Å²) < 4.78 is 6.63. The lowest BCUT2D eigenvalue weighted by atomic mass is 10.1. The highest BCUT2D eigenvalue weighted by Crippen LogP contribution is 2.20. The summed E-state index contributed by atoms with van der Waals surface area (Å²) in [7, 11) is 1.41. The summed E-state index contributed by atoms with van der Waals surface area (Å²) in [5.41, 5.74) is 2.39. The molecule has 0 spiro atoms. The molecule has 0 N–H and O–H groups in total. The zero-order valence-corrected chi connectivity index (χ0v) is 9.56. The van der Waals surface area contributed by atoms with Gasteiger partial charge >= 0.3 is 5.97 Å². The minimum absolute atomic E-state index is 0.219. The third kappa shape index (κ3) is 1.81. The Morgan fingerprint density at radius 1 is 1.38 bits per heavy atom. The molecule has 2 rings (SSSR count). The van der Waals surface area contributed by atoms with Crippen molar-refractivity contribution >= 4 is 16.9 Å². The van der Waals surface area contributed by atoms with Crippen molar-refractivity contribution in [2.75, 3.05) is 7.11 Å². The van der Waals surface area contributed by atoms with E-state index in [0.29, 0.717) is 0 Å². The van der Waals surface area contributed by atoms with Crippen LogP contribution in [0, 0.1) is 0 Å². The van der Waals surface area contributed by atoms with E-state index in [9.17, 15) is 4.79 Å². The van der Waals surface area contributed by atoms with Crippen LogP contribution >= 0.6 is 0 Å². The normalized spacial score (nSPS) is 10.6. The summed E-state index contributed by atoms with van der Waals surface area (Å²) in [5.74, 6) is -0.219. The van der Waals surface area contributed by atoms with Crippen LogP contribution in [0.4, 0.5) is 0 Å². The van der Waals surface area contributed by atoms with Crippen LogP contribution in [0.1, 0.15) is 12.5 Å². The number of methoxy groups -OCH3 is 1. The Balaban J connectivity index is 2.49. The van der Waals surface area contributed by atoms with E-state index in [-0.39, 0.29) is 12.5 Å². The summed E-state index contributed by atoms with van der Waals surface area (Å²) in [6.07, 6.45) is 2.89. The van der Waals surface area contributed by atoms with Gasteiger partial charge in [-0.15, -0.1) is 0 Å². The molecule has 1 heterocycles. The standard InChI is InChI=1S/C13H15NO2/c1-3-10-5-4-6-11-7-8-14(13(10)11)9-12(15)16-2/h4-8H,3,9H2,1-2H3. The van der Waals surface area contributed by atoms with E-state index in [0.717, 1.165) is 11.9 Å². The Kier molecular flexibility index (Phi) is 2.95. The van der Waals surface area contributed by atoms with Gasteiger partial charge in [0, 0.05) is 6.20 Å². The Hall–Kier alpha value is -1.77. The lowest BCUT2D eigenvalue weighted by Crippen LogP contribution is -2.11. The third-order valence-electron chi connectivity index (χ3n) is 2.78. The molecule has 0 saturated heterocycles. The Morgan fingerprint density at radius 2 is 2.19 bits per heavy atom. The zero-order valence-electron chi connectivity index (χ0n) is 9.56. The van der Waals surface area contributed by atoms with Gasteiger partial charge in [-0.2, -0.15) is 0 Å². The number of rotatable bonds is 3. The van der Waals surface area contributed by atoms with Crippen molar-refractivity contribution in [3.8, 4) is 0 Å². The second-order valence-corrected chi connectivity index (χ2v) is 3.73. The lowest BCUT2D eigenvalue weighted by Gasteiger charge is -2.07. The fourth-order valence-corrected chi connectivity index (χ4v) is 1.96. The van der Waals surface area contributed by atoms with Gasteiger partial charge in [-0.25, -0.2) is 0 Å². The van der Waals surface area contributed by atoms with E-state index >= 15 is 0 Å². The number of carbonyl (C=O) groups excluding carboxylic acids is 1. The van der Waals surface area contributed by atoms with Crippen LogP contribution < -0.4 is 0 Å². The van der Waals surface area contributed by atoms with Crippen molar-refractivity contribution in [3.05, 3.63) is 36.0 Å². The first-order chi connectivity index (χ1) is 7.76. The van der Waals surface area contributed by atoms with Gasteiger partial charge in [0.05, 0.1) is 12.6 Å². The molecule has 0 saturated carbocycles. The Labute approximate surface area is 94.6 Å². The summed E-state index contributed by atoms with van der Waals surface area (Å²) in [5, 5.41) is 1.17. The predicted molar refractivity (Wildman–Crippen MR) is 63.3 cm³/mol. The minimum Gasteiger partial charge on any atom is -0.468 e. The van der Waals surface area contributed by atoms with Gasteiger partial charge < -0.3 is 9.30 Å². The maximum atomic E-state index is 11.3. The number of nitrogens with zero attached hydrogens (tertiary/aromatic N) is 1. The summed E-state index contributed by atoms with van der Waals surface area (Å²) in [4.78, 5) is 11.3. The SMILES string of the molecule is CCc1cccc2ccn(CC(=O)OC)c12. The number of fused-ring (bicyclic) bond motifs is 1. The second-order valence-electron chi connectivity index (χ2n) is 3.73. The molecule has 0 fully saturated rings. The third-order valence-corrected chi connectivity index (χ3v) is 2.78.